The largest absolute Gasteiger partial charge is 0.459 e. The van der Waals surface area contributed by atoms with Crippen molar-refractivity contribution in [1.82, 2.24) is 9.78 Å². The van der Waals surface area contributed by atoms with Crippen molar-refractivity contribution >= 4 is 22.9 Å². The predicted octanol–water partition coefficient (Wildman–Crippen LogP) is 5.67. The van der Waals surface area contributed by atoms with Crippen LogP contribution in [0.2, 0.25) is 0 Å². The van der Waals surface area contributed by atoms with Crippen molar-refractivity contribution in [2.24, 2.45) is 7.05 Å². The van der Waals surface area contributed by atoms with Crippen LogP contribution in [0.1, 0.15) is 16.8 Å². The first kappa shape index (κ1) is 26.5. The molecule has 1 heterocycles. The van der Waals surface area contributed by atoms with Crippen molar-refractivity contribution in [3.63, 3.8) is 0 Å². The summed E-state index contributed by atoms with van der Waals surface area (Å²) in [5, 5.41) is 26.1. The fourth-order valence-corrected chi connectivity index (χ4v) is 2.60. The Balaban J connectivity index is 2.92. The molecule has 0 radical (unpaired) electrons. The van der Waals surface area contributed by atoms with Crippen LogP contribution in [0, 0.1) is 20.2 Å². The van der Waals surface area contributed by atoms with Crippen molar-refractivity contribution in [1.29, 1.82) is 0 Å². The van der Waals surface area contributed by atoms with Crippen molar-refractivity contribution < 1.29 is 58.1 Å². The topological polar surface area (TPSA) is 116 Å². The summed E-state index contributed by atoms with van der Waals surface area (Å²) in [5.74, 6) is -8.09. The van der Waals surface area contributed by atoms with Crippen LogP contribution in [0.15, 0.2) is 12.1 Å². The molecular formula is C14H6F11N5O4. The molecule has 0 atom stereocenters. The third kappa shape index (κ3) is 4.64. The summed E-state index contributed by atoms with van der Waals surface area (Å²) in [5.41, 5.74) is -13.0. The average molecular weight is 517 g/mol. The van der Waals surface area contributed by atoms with Crippen molar-refractivity contribution in [2.45, 2.75) is 24.5 Å². The van der Waals surface area contributed by atoms with Gasteiger partial charge in [0, 0.05) is 19.2 Å². The number of aromatic nitrogens is 2. The smallest absolute Gasteiger partial charge is 0.329 e. The number of anilines is 2. The number of nitrogens with zero attached hydrogens (tertiary/aromatic N) is 4. The quantitative estimate of drug-likeness (QED) is 0.310. The maximum absolute atomic E-state index is 13.7. The van der Waals surface area contributed by atoms with Gasteiger partial charge in [0.05, 0.1) is 15.4 Å². The van der Waals surface area contributed by atoms with Gasteiger partial charge in [-0.05, 0) is 0 Å². The maximum Gasteiger partial charge on any atom is 0.459 e. The number of rotatable bonds is 5. The summed E-state index contributed by atoms with van der Waals surface area (Å²) in [6, 6.07) is -0.631. The number of aryl methyl sites for hydroxylation is 1. The fourth-order valence-electron chi connectivity index (χ4n) is 2.60. The van der Waals surface area contributed by atoms with E-state index in [1.165, 1.54) is 5.32 Å². The third-order valence-electron chi connectivity index (χ3n) is 4.04. The minimum atomic E-state index is -6.59. The molecule has 1 aromatic carbocycles. The van der Waals surface area contributed by atoms with Gasteiger partial charge in [-0.1, -0.05) is 0 Å². The zero-order valence-electron chi connectivity index (χ0n) is 15.7. The first-order chi connectivity index (χ1) is 15.1. The summed E-state index contributed by atoms with van der Waals surface area (Å²) >= 11 is 0. The number of nitrogens with one attached hydrogen (secondary N) is 1. The third-order valence-corrected chi connectivity index (χ3v) is 4.04. The van der Waals surface area contributed by atoms with E-state index in [2.05, 4.69) is 5.10 Å². The van der Waals surface area contributed by atoms with Crippen LogP contribution >= 0.6 is 0 Å². The fraction of sp³-hybridized carbons (Fsp3) is 0.357. The molecular weight excluding hydrogens is 511 g/mol. The molecule has 0 amide bonds. The molecule has 1 aromatic heterocycles. The molecule has 0 saturated carbocycles. The van der Waals surface area contributed by atoms with Gasteiger partial charge < -0.3 is 5.32 Å². The van der Waals surface area contributed by atoms with E-state index in [9.17, 15) is 68.5 Å². The van der Waals surface area contributed by atoms with Crippen LogP contribution in [0.4, 0.5) is 71.2 Å². The normalized spacial score (nSPS) is 13.2. The number of alkyl halides is 11. The molecule has 2 aromatic rings. The number of hydrogen-bond donors (Lipinski definition) is 1. The van der Waals surface area contributed by atoms with Gasteiger partial charge in [0.15, 0.2) is 11.4 Å². The molecule has 0 fully saturated rings. The van der Waals surface area contributed by atoms with Gasteiger partial charge in [0.25, 0.3) is 11.4 Å². The van der Waals surface area contributed by atoms with Crippen LogP contribution in [-0.2, 0) is 25.3 Å². The Morgan fingerprint density at radius 3 is 1.62 bits per heavy atom. The predicted molar refractivity (Wildman–Crippen MR) is 86.2 cm³/mol. The molecule has 20 heteroatoms. The zero-order valence-corrected chi connectivity index (χ0v) is 15.7. The van der Waals surface area contributed by atoms with Crippen LogP contribution in [-0.4, -0.2) is 25.8 Å². The molecule has 34 heavy (non-hydrogen) atoms. The van der Waals surface area contributed by atoms with Crippen LogP contribution in [0.3, 0.4) is 0 Å². The molecule has 9 nitrogen and oxygen atoms in total. The van der Waals surface area contributed by atoms with Gasteiger partial charge in [0.2, 0.25) is 0 Å². The van der Waals surface area contributed by atoms with E-state index in [0.717, 1.165) is 0 Å². The SMILES string of the molecule is Cn1nc(C(F)(F)C(F)(F)F)c(C(F)(F)F)c1Nc1c([N+](=O)[O-])cc(C(F)(F)F)cc1[N+](=O)[O-]. The van der Waals surface area contributed by atoms with Crippen molar-refractivity contribution in [3.05, 3.63) is 49.2 Å². The summed E-state index contributed by atoms with van der Waals surface area (Å²) in [6.07, 6.45) is -18.0. The molecule has 1 N–H and O–H groups in total. The highest BCUT2D eigenvalue weighted by atomic mass is 19.4. The maximum atomic E-state index is 13.7. The molecule has 0 aliphatic rings. The second-order valence-corrected chi connectivity index (χ2v) is 6.29. The molecule has 2 rings (SSSR count). The minimum absolute atomic E-state index is 0.289. The Hall–Kier alpha value is -3.74. The summed E-state index contributed by atoms with van der Waals surface area (Å²) in [7, 11) is 0.370. The number of benzene rings is 1. The molecule has 0 aliphatic carbocycles. The Morgan fingerprint density at radius 1 is 0.853 bits per heavy atom. The highest BCUT2D eigenvalue weighted by molar-refractivity contribution is 5.80. The van der Waals surface area contributed by atoms with Gasteiger partial charge in [-0.15, -0.1) is 0 Å². The lowest BCUT2D eigenvalue weighted by molar-refractivity contribution is -0.392. The van der Waals surface area contributed by atoms with Gasteiger partial charge in [-0.3, -0.25) is 24.9 Å². The van der Waals surface area contributed by atoms with Crippen molar-refractivity contribution in [3.8, 4) is 0 Å². The number of halogens is 11. The first-order valence-electron chi connectivity index (χ1n) is 8.01. The summed E-state index contributed by atoms with van der Waals surface area (Å²) in [6.45, 7) is 0. The van der Waals surface area contributed by atoms with E-state index < -0.39 is 74.0 Å². The lowest BCUT2D eigenvalue weighted by atomic mass is 10.1. The van der Waals surface area contributed by atoms with Gasteiger partial charge in [0.1, 0.15) is 11.4 Å². The van der Waals surface area contributed by atoms with Gasteiger partial charge in [-0.2, -0.15) is 53.4 Å². The monoisotopic (exact) mass is 517 g/mol. The summed E-state index contributed by atoms with van der Waals surface area (Å²) < 4.78 is 144. The lowest BCUT2D eigenvalue weighted by Gasteiger charge is -2.20. The number of nitro benzene ring substituents is 2. The molecule has 0 saturated heterocycles. The zero-order chi connectivity index (χ0) is 26.6. The van der Waals surface area contributed by atoms with Gasteiger partial charge >= 0.3 is 24.5 Å². The Bertz CT molecular complexity index is 1120. The highest BCUT2D eigenvalue weighted by Crippen LogP contribution is 2.51. The molecule has 0 spiro atoms. The Kier molecular flexibility index (Phi) is 6.19. The molecule has 0 unspecified atom stereocenters. The molecule has 188 valence electrons. The second-order valence-electron chi connectivity index (χ2n) is 6.29. The Morgan fingerprint density at radius 2 is 1.29 bits per heavy atom. The van der Waals surface area contributed by atoms with E-state index in [-0.39, 0.29) is 16.8 Å². The minimum Gasteiger partial charge on any atom is -0.329 e. The molecule has 0 aliphatic heterocycles. The van der Waals surface area contributed by atoms with E-state index in [1.807, 2.05) is 0 Å². The van der Waals surface area contributed by atoms with Crippen molar-refractivity contribution in [2.75, 3.05) is 5.32 Å². The molecule has 0 bridgehead atoms. The Labute approximate surface area is 178 Å². The van der Waals surface area contributed by atoms with E-state index in [0.29, 0.717) is 7.05 Å². The number of hydrogen-bond acceptors (Lipinski definition) is 6. The highest BCUT2D eigenvalue weighted by Gasteiger charge is 2.64. The first-order valence-corrected chi connectivity index (χ1v) is 8.01. The van der Waals surface area contributed by atoms with Crippen LogP contribution < -0.4 is 5.32 Å². The lowest BCUT2D eigenvalue weighted by Crippen LogP contribution is -2.36. The van der Waals surface area contributed by atoms with Crippen LogP contribution in [0.25, 0.3) is 0 Å². The summed E-state index contributed by atoms with van der Waals surface area (Å²) in [4.78, 5) is 19.0. The number of nitro groups is 2. The van der Waals surface area contributed by atoms with Crippen LogP contribution in [0.5, 0.6) is 0 Å². The van der Waals surface area contributed by atoms with E-state index >= 15 is 0 Å². The standard InChI is InChI=1S/C14H6F11N5O4/c1-28-10(7(13(20,21)22)9(27-28)11(15,16)14(23,24)25)26-8-5(29(31)32)2-4(12(17,18)19)3-6(8)30(33)34/h2-3,26H,1H3. The van der Waals surface area contributed by atoms with E-state index in [1.54, 1.807) is 0 Å². The van der Waals surface area contributed by atoms with E-state index in [4.69, 9.17) is 0 Å². The van der Waals surface area contributed by atoms with Gasteiger partial charge in [-0.25, -0.2) is 0 Å². The second kappa shape index (κ2) is 7.94. The average Bonchev–Trinajstić information content (AvgIpc) is 2.96.